The van der Waals surface area contributed by atoms with Crippen LogP contribution in [0.15, 0.2) is 0 Å². The molecule has 448 valence electrons. The highest BCUT2D eigenvalue weighted by Crippen LogP contribution is 2.44. The highest BCUT2D eigenvalue weighted by Gasteiger charge is 2.30. The number of carboxylic acid groups (broad SMARTS) is 2. The van der Waals surface area contributed by atoms with Gasteiger partial charge in [0.2, 0.25) is 0 Å². The van der Waals surface area contributed by atoms with Crippen molar-refractivity contribution in [1.82, 2.24) is 0 Å². The number of phosphoric acid groups is 2. The van der Waals surface area contributed by atoms with Gasteiger partial charge < -0.3 is 50.4 Å². The summed E-state index contributed by atoms with van der Waals surface area (Å²) in [5.41, 5.74) is 10.5. The number of phosphoric ester groups is 2. The van der Waals surface area contributed by atoms with Gasteiger partial charge in [0.25, 0.3) is 0 Å². The van der Waals surface area contributed by atoms with Gasteiger partial charge >= 0.3 is 51.5 Å². The number of carbonyl (C=O) groups is 6. The monoisotopic (exact) mass is 1130 g/mol. The average molecular weight is 1140 g/mol. The van der Waals surface area contributed by atoms with Gasteiger partial charge in [-0.05, 0) is 25.7 Å². The van der Waals surface area contributed by atoms with Crippen molar-refractivity contribution in [1.29, 1.82) is 0 Å². The highest BCUT2D eigenvalue weighted by atomic mass is 31.2. The quantitative estimate of drug-likeness (QED) is 0.0143. The molecule has 0 aliphatic rings. The summed E-state index contributed by atoms with van der Waals surface area (Å²) in [4.78, 5) is 90.0. The zero-order valence-corrected chi connectivity index (χ0v) is 48.3. The van der Waals surface area contributed by atoms with Gasteiger partial charge in [-0.1, -0.05) is 182 Å². The summed E-state index contributed by atoms with van der Waals surface area (Å²) in [7, 11) is -9.36. The molecule has 0 amide bonds. The molecule has 0 radical (unpaired) electrons. The van der Waals surface area contributed by atoms with E-state index >= 15 is 0 Å². The number of aliphatic carboxylic acids is 2. The molecule has 0 saturated carbocycles. The normalized spacial score (nSPS) is 14.4. The van der Waals surface area contributed by atoms with Gasteiger partial charge in [-0.15, -0.1) is 0 Å². The molecule has 0 saturated heterocycles. The summed E-state index contributed by atoms with van der Waals surface area (Å²) in [6, 6.07) is -3.02. The van der Waals surface area contributed by atoms with E-state index < -0.39 is 102 Å². The maximum Gasteiger partial charge on any atom is 0.472 e. The summed E-state index contributed by atoms with van der Waals surface area (Å²) in [6.45, 7) is 5.27. The third-order valence-electron chi connectivity index (χ3n) is 11.7. The first-order valence-corrected chi connectivity index (χ1v) is 31.1. The zero-order chi connectivity index (χ0) is 57.3. The van der Waals surface area contributed by atoms with Crippen LogP contribution >= 0.6 is 15.6 Å². The predicted octanol–water partition coefficient (Wildman–Crippen LogP) is 10.5. The summed E-state index contributed by atoms with van der Waals surface area (Å²) >= 11 is 0. The average Bonchev–Trinajstić information content (AvgIpc) is 3.37. The van der Waals surface area contributed by atoms with Crippen molar-refractivity contribution in [3.05, 3.63) is 0 Å². The van der Waals surface area contributed by atoms with Gasteiger partial charge in [-0.3, -0.25) is 46.9 Å². The molecule has 0 aliphatic heterocycles. The van der Waals surface area contributed by atoms with Crippen LogP contribution in [0, 0.1) is 0 Å². The summed E-state index contributed by atoms with van der Waals surface area (Å²) in [6.07, 6.45) is 27.7. The second-order valence-electron chi connectivity index (χ2n) is 19.1. The van der Waals surface area contributed by atoms with E-state index in [2.05, 4.69) is 36.7 Å². The van der Waals surface area contributed by atoms with Crippen LogP contribution in [-0.2, 0) is 74.9 Å². The molecule has 0 aromatic carbocycles. The molecular formula is C52H100N2O20P2. The van der Waals surface area contributed by atoms with Gasteiger partial charge in [0.05, 0.1) is 26.4 Å². The van der Waals surface area contributed by atoms with Crippen molar-refractivity contribution in [2.24, 2.45) is 11.5 Å². The molecule has 76 heavy (non-hydrogen) atoms. The van der Waals surface area contributed by atoms with E-state index in [9.17, 15) is 47.7 Å². The minimum Gasteiger partial charge on any atom is -0.480 e. The molecule has 0 rings (SSSR count). The molecule has 0 spiro atoms. The summed E-state index contributed by atoms with van der Waals surface area (Å²) in [5, 5.41) is 17.5. The molecule has 0 heterocycles. The first kappa shape index (κ1) is 75.0. The van der Waals surface area contributed by atoms with Gasteiger partial charge in [0, 0.05) is 25.7 Å². The van der Waals surface area contributed by atoms with E-state index in [0.717, 1.165) is 89.9 Å². The number of rotatable bonds is 52. The Balaban J connectivity index is 0. The Labute approximate surface area is 453 Å². The Kier molecular flexibility index (Phi) is 49.6. The minimum absolute atomic E-state index is 0.164. The first-order chi connectivity index (χ1) is 36.2. The maximum atomic E-state index is 12.3. The number of carboxylic acids is 2. The number of hydrogen-bond acceptors (Lipinski definition) is 18. The lowest BCUT2D eigenvalue weighted by Crippen LogP contribution is -2.34. The van der Waals surface area contributed by atoms with Crippen molar-refractivity contribution in [3.63, 3.8) is 0 Å². The molecule has 8 N–H and O–H groups in total. The van der Waals surface area contributed by atoms with Gasteiger partial charge in [-0.25, -0.2) is 9.13 Å². The summed E-state index contributed by atoms with van der Waals surface area (Å²) in [5.74, 6) is -4.79. The van der Waals surface area contributed by atoms with E-state index in [1.54, 1.807) is 0 Å². The lowest BCUT2D eigenvalue weighted by molar-refractivity contribution is -0.161. The molecule has 0 aromatic heterocycles. The van der Waals surface area contributed by atoms with E-state index in [1.165, 1.54) is 64.2 Å². The topological polar surface area (TPSA) is 343 Å². The van der Waals surface area contributed by atoms with Crippen LogP contribution in [0.1, 0.15) is 233 Å². The van der Waals surface area contributed by atoms with E-state index in [1.807, 2.05) is 0 Å². The van der Waals surface area contributed by atoms with Crippen LogP contribution in [0.2, 0.25) is 0 Å². The van der Waals surface area contributed by atoms with Crippen LogP contribution in [0.5, 0.6) is 0 Å². The Bertz CT molecular complexity index is 1500. The molecule has 24 heteroatoms. The van der Waals surface area contributed by atoms with Crippen LogP contribution in [0.25, 0.3) is 0 Å². The molecule has 0 bridgehead atoms. The lowest BCUT2D eigenvalue weighted by Gasteiger charge is -2.20. The number of ether oxygens (including phenoxy) is 4. The highest BCUT2D eigenvalue weighted by molar-refractivity contribution is 7.47. The fraction of sp³-hybridized carbons (Fsp3) is 0.885. The first-order valence-electron chi connectivity index (χ1n) is 28.1. The Hall–Kier alpha value is -3.04. The predicted molar refractivity (Wildman–Crippen MR) is 287 cm³/mol. The van der Waals surface area contributed by atoms with Crippen molar-refractivity contribution >= 4 is 51.5 Å². The number of carbonyl (C=O) groups excluding carboxylic acids is 4. The fourth-order valence-electron chi connectivity index (χ4n) is 7.06. The van der Waals surface area contributed by atoms with E-state index in [0.29, 0.717) is 25.7 Å². The van der Waals surface area contributed by atoms with Crippen molar-refractivity contribution in [3.8, 4) is 0 Å². The van der Waals surface area contributed by atoms with Crippen molar-refractivity contribution in [2.75, 3.05) is 39.6 Å². The van der Waals surface area contributed by atoms with Crippen LogP contribution in [-0.4, -0.2) is 120 Å². The van der Waals surface area contributed by atoms with E-state index in [4.69, 9.17) is 49.7 Å². The largest absolute Gasteiger partial charge is 0.480 e. The molecule has 0 fully saturated rings. The molecule has 0 aromatic rings. The molecule has 0 aliphatic carbocycles. The second-order valence-corrected chi connectivity index (χ2v) is 22.0. The Morgan fingerprint density at radius 2 is 0.579 bits per heavy atom. The standard InChI is InChI=1S/2C26H50NO10P/c2*1-3-5-7-9-11-13-15-17-24(28)34-19-22(20-35-38(32,33)36-21-23(27)26(30)31)37-25(29)18-16-14-12-10-8-6-4-2/h2*22-23H,3-21,27H2,1-2H3,(H,30,31)(H,32,33)/t2*22-,23+/m11/s1. The third kappa shape index (κ3) is 50.5. The van der Waals surface area contributed by atoms with Crippen LogP contribution in [0.4, 0.5) is 0 Å². The smallest absolute Gasteiger partial charge is 0.472 e. The van der Waals surface area contributed by atoms with Crippen molar-refractivity contribution in [2.45, 2.75) is 257 Å². The maximum absolute atomic E-state index is 12.3. The molecule has 6 atom stereocenters. The van der Waals surface area contributed by atoms with Crippen LogP contribution < -0.4 is 11.5 Å². The third-order valence-corrected chi connectivity index (χ3v) is 13.6. The number of hydrogen-bond donors (Lipinski definition) is 6. The SMILES string of the molecule is CCCCCCCCCC(=O)OC[C@H](COP(=O)(O)OC[C@H](N)C(=O)O)OC(=O)CCCCCCCCC.CCCCCCCCCC(=O)OC[C@H](COP(=O)(O)OC[C@H](N)C(=O)O)OC(=O)CCCCCCCCC. The Morgan fingerprint density at radius 1 is 0.355 bits per heavy atom. The van der Waals surface area contributed by atoms with E-state index in [-0.39, 0.29) is 38.9 Å². The number of unbranched alkanes of at least 4 members (excludes halogenated alkanes) is 24. The summed E-state index contributed by atoms with van der Waals surface area (Å²) < 4.78 is 64.1. The molecule has 22 nitrogen and oxygen atoms in total. The zero-order valence-electron chi connectivity index (χ0n) is 46.5. The van der Waals surface area contributed by atoms with Crippen molar-refractivity contribution < 1.29 is 94.9 Å². The molecule has 2 unspecified atom stereocenters. The fourth-order valence-corrected chi connectivity index (χ4v) is 8.62. The molecular weight excluding hydrogens is 1030 g/mol. The van der Waals surface area contributed by atoms with Crippen LogP contribution in [0.3, 0.4) is 0 Å². The number of esters is 4. The van der Waals surface area contributed by atoms with Gasteiger partial charge in [-0.2, -0.15) is 0 Å². The minimum atomic E-state index is -4.68. The van der Waals surface area contributed by atoms with Gasteiger partial charge in [0.1, 0.15) is 25.3 Å². The lowest BCUT2D eigenvalue weighted by atomic mass is 10.1. The second kappa shape index (κ2) is 50.2. The number of nitrogens with two attached hydrogens (primary N) is 2. The Morgan fingerprint density at radius 3 is 0.829 bits per heavy atom. The van der Waals surface area contributed by atoms with Gasteiger partial charge in [0.15, 0.2) is 12.2 Å².